The van der Waals surface area contributed by atoms with Crippen molar-refractivity contribution in [2.45, 2.75) is 43.3 Å². The number of aryl methyl sites for hydroxylation is 2. The van der Waals surface area contributed by atoms with Gasteiger partial charge in [0.2, 0.25) is 0 Å². The van der Waals surface area contributed by atoms with Gasteiger partial charge in [0, 0.05) is 12.5 Å². The second-order valence-electron chi connectivity index (χ2n) is 7.32. The normalized spacial score (nSPS) is 24.0. The highest BCUT2D eigenvalue weighted by Gasteiger charge is 2.75. The Morgan fingerprint density at radius 3 is 2.18 bits per heavy atom. The first-order valence-electron chi connectivity index (χ1n) is 9.59. The lowest BCUT2D eigenvalue weighted by molar-refractivity contribution is -0.149. The standard InChI is InChI=1S/C22H27NO4S/c1-4-16-8-10-17(11-9-16)19-20(22(19,14-23)21(24)27-5-2)28(25,26)18-12-6-15(3)7-13-18/h6-13,19-20H,4-5,14,23H2,1-3H3/t19-,20-,22+/m0/s1. The van der Waals surface area contributed by atoms with Crippen LogP contribution in [0.3, 0.4) is 0 Å². The molecule has 3 rings (SSSR count). The van der Waals surface area contributed by atoms with Gasteiger partial charge in [0.25, 0.3) is 0 Å². The van der Waals surface area contributed by atoms with Crippen LogP contribution < -0.4 is 5.73 Å². The zero-order chi connectivity index (χ0) is 20.5. The Bertz CT molecular complexity index is 951. The van der Waals surface area contributed by atoms with Gasteiger partial charge in [-0.05, 0) is 43.5 Å². The number of benzene rings is 2. The van der Waals surface area contributed by atoms with E-state index in [0.29, 0.717) is 0 Å². The Hall–Kier alpha value is -2.18. The average molecular weight is 402 g/mol. The van der Waals surface area contributed by atoms with E-state index in [0.717, 1.165) is 23.1 Å². The maximum atomic E-state index is 13.4. The van der Waals surface area contributed by atoms with E-state index in [2.05, 4.69) is 6.92 Å². The van der Waals surface area contributed by atoms with Gasteiger partial charge in [0.15, 0.2) is 9.84 Å². The number of carbonyl (C=O) groups excluding carboxylic acids is 1. The first-order valence-corrected chi connectivity index (χ1v) is 11.1. The van der Waals surface area contributed by atoms with Crippen molar-refractivity contribution >= 4 is 15.8 Å². The molecule has 0 heterocycles. The second-order valence-corrected chi connectivity index (χ2v) is 9.39. The number of sulfone groups is 1. The third kappa shape index (κ3) is 3.25. The average Bonchev–Trinajstić information content (AvgIpc) is 3.40. The van der Waals surface area contributed by atoms with Gasteiger partial charge in [-0.3, -0.25) is 4.79 Å². The Morgan fingerprint density at radius 1 is 1.07 bits per heavy atom. The van der Waals surface area contributed by atoms with Crippen molar-refractivity contribution in [3.8, 4) is 0 Å². The maximum absolute atomic E-state index is 13.4. The molecule has 1 fully saturated rings. The Labute approximate surface area is 166 Å². The van der Waals surface area contributed by atoms with E-state index in [9.17, 15) is 13.2 Å². The molecular weight excluding hydrogens is 374 g/mol. The molecule has 0 radical (unpaired) electrons. The number of nitrogens with two attached hydrogens (primary N) is 1. The minimum absolute atomic E-state index is 0.0816. The van der Waals surface area contributed by atoms with E-state index in [1.807, 2.05) is 31.2 Å². The van der Waals surface area contributed by atoms with E-state index < -0.39 is 32.4 Å². The third-order valence-corrected chi connectivity index (χ3v) is 7.97. The lowest BCUT2D eigenvalue weighted by Crippen LogP contribution is -2.33. The Kier molecular flexibility index (Phi) is 5.64. The zero-order valence-electron chi connectivity index (χ0n) is 16.5. The molecule has 0 unspecified atom stereocenters. The van der Waals surface area contributed by atoms with E-state index in [4.69, 9.17) is 10.5 Å². The Balaban J connectivity index is 2.09. The number of carbonyl (C=O) groups is 1. The number of rotatable bonds is 7. The fourth-order valence-electron chi connectivity index (χ4n) is 4.00. The molecule has 150 valence electrons. The van der Waals surface area contributed by atoms with E-state index in [-0.39, 0.29) is 18.0 Å². The van der Waals surface area contributed by atoms with Crippen molar-refractivity contribution < 1.29 is 17.9 Å². The van der Waals surface area contributed by atoms with Crippen molar-refractivity contribution in [1.29, 1.82) is 0 Å². The molecule has 2 N–H and O–H groups in total. The van der Waals surface area contributed by atoms with E-state index in [1.165, 1.54) is 0 Å². The van der Waals surface area contributed by atoms with Crippen LogP contribution in [-0.4, -0.2) is 32.8 Å². The summed E-state index contributed by atoms with van der Waals surface area (Å²) < 4.78 is 32.1. The number of esters is 1. The van der Waals surface area contributed by atoms with Gasteiger partial charge < -0.3 is 10.5 Å². The molecule has 0 aromatic heterocycles. The molecule has 1 aliphatic carbocycles. The van der Waals surface area contributed by atoms with Crippen LogP contribution in [0.5, 0.6) is 0 Å². The van der Waals surface area contributed by atoms with Gasteiger partial charge in [0.1, 0.15) is 5.41 Å². The van der Waals surface area contributed by atoms with E-state index in [1.54, 1.807) is 31.2 Å². The van der Waals surface area contributed by atoms with Crippen LogP contribution in [-0.2, 0) is 25.8 Å². The van der Waals surface area contributed by atoms with Crippen LogP contribution in [0, 0.1) is 12.3 Å². The molecule has 2 aromatic rings. The molecule has 6 heteroatoms. The predicted molar refractivity (Wildman–Crippen MR) is 109 cm³/mol. The summed E-state index contributed by atoms with van der Waals surface area (Å²) in [5.41, 5.74) is 7.67. The summed E-state index contributed by atoms with van der Waals surface area (Å²) in [6.07, 6.45) is 0.885. The summed E-state index contributed by atoms with van der Waals surface area (Å²) >= 11 is 0. The summed E-state index contributed by atoms with van der Waals surface area (Å²) in [6.45, 7) is 5.76. The monoisotopic (exact) mass is 401 g/mol. The first kappa shape index (κ1) is 20.6. The largest absolute Gasteiger partial charge is 0.465 e. The highest BCUT2D eigenvalue weighted by molar-refractivity contribution is 7.92. The highest BCUT2D eigenvalue weighted by atomic mass is 32.2. The minimum atomic E-state index is -3.76. The fraction of sp³-hybridized carbons (Fsp3) is 0.409. The van der Waals surface area contributed by atoms with Gasteiger partial charge >= 0.3 is 5.97 Å². The number of hydrogen-bond donors (Lipinski definition) is 1. The summed E-state index contributed by atoms with van der Waals surface area (Å²) in [4.78, 5) is 13.0. The third-order valence-electron chi connectivity index (χ3n) is 5.68. The lowest BCUT2D eigenvalue weighted by Gasteiger charge is -2.14. The molecule has 0 spiro atoms. The summed E-state index contributed by atoms with van der Waals surface area (Å²) in [7, 11) is -3.76. The van der Waals surface area contributed by atoms with Crippen LogP contribution in [0.15, 0.2) is 53.4 Å². The van der Waals surface area contributed by atoms with Crippen molar-refractivity contribution in [3.63, 3.8) is 0 Å². The van der Waals surface area contributed by atoms with Crippen molar-refractivity contribution in [1.82, 2.24) is 0 Å². The second kappa shape index (κ2) is 7.68. The van der Waals surface area contributed by atoms with E-state index >= 15 is 0 Å². The van der Waals surface area contributed by atoms with Crippen LogP contribution in [0.2, 0.25) is 0 Å². The number of hydrogen-bond acceptors (Lipinski definition) is 5. The molecule has 0 amide bonds. The van der Waals surface area contributed by atoms with Gasteiger partial charge in [-0.2, -0.15) is 0 Å². The van der Waals surface area contributed by atoms with Gasteiger partial charge in [-0.1, -0.05) is 48.9 Å². The summed E-state index contributed by atoms with van der Waals surface area (Å²) in [5.74, 6) is -1.06. The van der Waals surface area contributed by atoms with Gasteiger partial charge in [0.05, 0.1) is 16.8 Å². The van der Waals surface area contributed by atoms with Gasteiger partial charge in [-0.15, -0.1) is 0 Å². The smallest absolute Gasteiger partial charge is 0.315 e. The zero-order valence-corrected chi connectivity index (χ0v) is 17.3. The molecule has 0 saturated heterocycles. The molecular formula is C22H27NO4S. The highest BCUT2D eigenvalue weighted by Crippen LogP contribution is 2.64. The molecule has 0 bridgehead atoms. The minimum Gasteiger partial charge on any atom is -0.465 e. The van der Waals surface area contributed by atoms with Crippen LogP contribution in [0.1, 0.15) is 36.5 Å². The molecule has 1 saturated carbocycles. The molecule has 1 aliphatic rings. The fourth-order valence-corrected chi connectivity index (χ4v) is 6.38. The molecule has 28 heavy (non-hydrogen) atoms. The Morgan fingerprint density at radius 2 is 1.68 bits per heavy atom. The van der Waals surface area contributed by atoms with Crippen LogP contribution in [0.4, 0.5) is 0 Å². The molecule has 0 aliphatic heterocycles. The molecule has 2 aromatic carbocycles. The summed E-state index contributed by atoms with van der Waals surface area (Å²) in [6, 6.07) is 14.4. The van der Waals surface area contributed by atoms with Crippen molar-refractivity contribution in [2.75, 3.05) is 13.2 Å². The lowest BCUT2D eigenvalue weighted by atomic mass is 9.98. The van der Waals surface area contributed by atoms with Crippen LogP contribution in [0.25, 0.3) is 0 Å². The first-order chi connectivity index (χ1) is 13.3. The maximum Gasteiger partial charge on any atom is 0.315 e. The topological polar surface area (TPSA) is 86.5 Å². The summed E-state index contributed by atoms with van der Waals surface area (Å²) in [5, 5.41) is -0.931. The number of ether oxygens (including phenoxy) is 1. The van der Waals surface area contributed by atoms with Crippen molar-refractivity contribution in [2.24, 2.45) is 11.1 Å². The molecule has 3 atom stereocenters. The van der Waals surface area contributed by atoms with Gasteiger partial charge in [-0.25, -0.2) is 8.42 Å². The SMILES string of the molecule is CCOC(=O)[C@]1(CN)[C@@H](c2ccc(CC)cc2)[C@@H]1S(=O)(=O)c1ccc(C)cc1. The quantitative estimate of drug-likeness (QED) is 0.721. The van der Waals surface area contributed by atoms with Crippen LogP contribution >= 0.6 is 0 Å². The predicted octanol–water partition coefficient (Wildman–Crippen LogP) is 3.01. The molecule has 5 nitrogen and oxygen atoms in total. The van der Waals surface area contributed by atoms with Crippen molar-refractivity contribution in [3.05, 3.63) is 65.2 Å².